The van der Waals surface area contributed by atoms with Crippen LogP contribution in [-0.2, 0) is 9.47 Å². The minimum absolute atomic E-state index is 0.0173. The van der Waals surface area contributed by atoms with Crippen LogP contribution in [0.25, 0.3) is 11.0 Å². The van der Waals surface area contributed by atoms with Crippen LogP contribution in [0, 0.1) is 0 Å². The molecule has 0 spiro atoms. The topological polar surface area (TPSA) is 93.2 Å². The van der Waals surface area contributed by atoms with E-state index in [2.05, 4.69) is 0 Å². The maximum Gasteiger partial charge on any atom is 0.359 e. The van der Waals surface area contributed by atoms with E-state index in [1.807, 2.05) is 0 Å². The molecule has 2 rings (SSSR count). The number of anilines is 1. The number of hydrogen-bond donors (Lipinski definition) is 1. The molecule has 0 aliphatic heterocycles. The van der Waals surface area contributed by atoms with E-state index in [1.54, 1.807) is 12.1 Å². The molecule has 0 saturated carbocycles. The van der Waals surface area contributed by atoms with Crippen LogP contribution in [0.15, 0.2) is 27.4 Å². The predicted molar refractivity (Wildman–Crippen MR) is 71.9 cm³/mol. The molecule has 1 aromatic carbocycles. The molecule has 1 aromatic heterocycles. The minimum atomic E-state index is -0.636. The Balaban J connectivity index is 2.56. The quantitative estimate of drug-likeness (QED) is 0.630. The van der Waals surface area contributed by atoms with Gasteiger partial charge in [-0.2, -0.15) is 0 Å². The lowest BCUT2D eigenvalue weighted by Crippen LogP contribution is -2.08. The molecule has 20 heavy (non-hydrogen) atoms. The highest BCUT2D eigenvalue weighted by molar-refractivity contribution is 5.87. The van der Waals surface area contributed by atoms with Gasteiger partial charge in [0.1, 0.15) is 5.69 Å². The molecule has 0 amide bonds. The molecule has 0 radical (unpaired) electrons. The molecule has 2 aromatic rings. The monoisotopic (exact) mass is 281 g/mol. The number of rotatable bonds is 6. The molecule has 1 heterocycles. The van der Waals surface area contributed by atoms with Gasteiger partial charge in [0.2, 0.25) is 5.75 Å². The van der Waals surface area contributed by atoms with Crippen molar-refractivity contribution in [3.05, 3.63) is 28.6 Å². The average molecular weight is 281 g/mol. The van der Waals surface area contributed by atoms with Gasteiger partial charge in [0.05, 0.1) is 0 Å². The van der Waals surface area contributed by atoms with E-state index in [0.29, 0.717) is 11.1 Å². The maximum atomic E-state index is 11.5. The first-order valence-electron chi connectivity index (χ1n) is 5.77. The van der Waals surface area contributed by atoms with E-state index in [1.165, 1.54) is 20.3 Å². The highest BCUT2D eigenvalue weighted by atomic mass is 16.7. The molecule has 0 bridgehead atoms. The average Bonchev–Trinajstić information content (AvgIpc) is 2.44. The first kappa shape index (κ1) is 14.2. The van der Waals surface area contributed by atoms with Crippen molar-refractivity contribution in [3.8, 4) is 11.5 Å². The molecule has 2 N–H and O–H groups in total. The van der Waals surface area contributed by atoms with E-state index in [4.69, 9.17) is 29.1 Å². The molecule has 0 aliphatic rings. The lowest BCUT2D eigenvalue weighted by atomic mass is 10.2. The summed E-state index contributed by atoms with van der Waals surface area (Å²) in [7, 11) is 2.98. The van der Waals surface area contributed by atoms with Crippen molar-refractivity contribution < 1.29 is 23.4 Å². The van der Waals surface area contributed by atoms with Crippen molar-refractivity contribution in [2.75, 3.05) is 33.5 Å². The second kappa shape index (κ2) is 6.27. The Morgan fingerprint density at radius 2 is 1.85 bits per heavy atom. The summed E-state index contributed by atoms with van der Waals surface area (Å²) >= 11 is 0. The van der Waals surface area contributed by atoms with Crippen molar-refractivity contribution in [2.24, 2.45) is 0 Å². The Morgan fingerprint density at radius 3 is 2.55 bits per heavy atom. The molecule has 0 atom stereocenters. The zero-order valence-corrected chi connectivity index (χ0v) is 11.2. The van der Waals surface area contributed by atoms with Crippen LogP contribution in [0.5, 0.6) is 11.5 Å². The fourth-order valence-electron chi connectivity index (χ4n) is 1.65. The molecule has 0 aliphatic carbocycles. The molecular formula is C13H15NO6. The predicted octanol–water partition coefficient (Wildman–Crippen LogP) is 1.34. The Kier molecular flexibility index (Phi) is 4.44. The van der Waals surface area contributed by atoms with E-state index < -0.39 is 5.63 Å². The van der Waals surface area contributed by atoms with E-state index >= 15 is 0 Å². The third kappa shape index (κ3) is 2.84. The van der Waals surface area contributed by atoms with Crippen molar-refractivity contribution in [3.63, 3.8) is 0 Å². The summed E-state index contributed by atoms with van der Waals surface area (Å²) in [4.78, 5) is 11.5. The zero-order valence-electron chi connectivity index (χ0n) is 11.2. The van der Waals surface area contributed by atoms with Gasteiger partial charge in [-0.05, 0) is 18.2 Å². The van der Waals surface area contributed by atoms with Gasteiger partial charge < -0.3 is 29.1 Å². The van der Waals surface area contributed by atoms with E-state index in [-0.39, 0.29) is 30.6 Å². The molecule has 7 heteroatoms. The molecule has 0 unspecified atom stereocenters. The third-order valence-corrected chi connectivity index (χ3v) is 2.50. The van der Waals surface area contributed by atoms with E-state index in [0.717, 1.165) is 0 Å². The van der Waals surface area contributed by atoms with Crippen molar-refractivity contribution in [2.45, 2.75) is 0 Å². The molecular weight excluding hydrogens is 266 g/mol. The van der Waals surface area contributed by atoms with Gasteiger partial charge in [-0.15, -0.1) is 0 Å². The summed E-state index contributed by atoms with van der Waals surface area (Å²) < 4.78 is 25.6. The smallest absolute Gasteiger partial charge is 0.359 e. The van der Waals surface area contributed by atoms with Crippen molar-refractivity contribution in [1.82, 2.24) is 0 Å². The second-order valence-electron chi connectivity index (χ2n) is 3.90. The van der Waals surface area contributed by atoms with Gasteiger partial charge in [-0.1, -0.05) is 0 Å². The summed E-state index contributed by atoms with van der Waals surface area (Å²) in [5.74, 6) is 0.642. The number of nitrogen functional groups attached to an aromatic ring is 1. The van der Waals surface area contributed by atoms with Gasteiger partial charge in [-0.3, -0.25) is 0 Å². The van der Waals surface area contributed by atoms with E-state index in [9.17, 15) is 4.79 Å². The molecule has 0 fully saturated rings. The zero-order chi connectivity index (χ0) is 14.5. The summed E-state index contributed by atoms with van der Waals surface area (Å²) in [6.45, 7) is 0.0184. The minimum Gasteiger partial charge on any atom is -0.464 e. The Hall–Kier alpha value is -2.25. The number of hydrogen-bond acceptors (Lipinski definition) is 7. The highest BCUT2D eigenvalue weighted by Crippen LogP contribution is 2.35. The molecule has 0 saturated heterocycles. The number of methoxy groups -OCH3 is 2. The number of fused-ring (bicyclic) bond motifs is 1. The Morgan fingerprint density at radius 1 is 1.15 bits per heavy atom. The standard InChI is InChI=1S/C13H15NO6/c1-16-6-18-10-4-3-8-5-9(14)13(15)20-11(8)12(10)19-7-17-2/h3-5H,6-7,14H2,1-2H3. The first-order chi connectivity index (χ1) is 9.67. The number of ether oxygens (including phenoxy) is 4. The van der Waals surface area contributed by atoms with Gasteiger partial charge in [0, 0.05) is 19.6 Å². The largest absolute Gasteiger partial charge is 0.464 e. The summed E-state index contributed by atoms with van der Waals surface area (Å²) in [6.07, 6.45) is 0. The van der Waals surface area contributed by atoms with Gasteiger partial charge in [0.25, 0.3) is 0 Å². The number of benzene rings is 1. The third-order valence-electron chi connectivity index (χ3n) is 2.50. The Labute approximate surface area is 114 Å². The molecule has 108 valence electrons. The summed E-state index contributed by atoms with van der Waals surface area (Å²) in [6, 6.07) is 4.89. The van der Waals surface area contributed by atoms with Crippen LogP contribution in [0.4, 0.5) is 5.69 Å². The summed E-state index contributed by atoms with van der Waals surface area (Å²) in [5, 5.41) is 0.623. The van der Waals surface area contributed by atoms with Crippen molar-refractivity contribution >= 4 is 16.7 Å². The van der Waals surface area contributed by atoms with Crippen LogP contribution in [-0.4, -0.2) is 27.8 Å². The lowest BCUT2D eigenvalue weighted by molar-refractivity contribution is 0.0326. The van der Waals surface area contributed by atoms with Crippen LogP contribution in [0.2, 0.25) is 0 Å². The number of nitrogens with two attached hydrogens (primary N) is 1. The normalized spacial score (nSPS) is 10.7. The molecule has 7 nitrogen and oxygen atoms in total. The van der Waals surface area contributed by atoms with Crippen LogP contribution >= 0.6 is 0 Å². The van der Waals surface area contributed by atoms with Gasteiger partial charge in [-0.25, -0.2) is 4.79 Å². The van der Waals surface area contributed by atoms with Crippen LogP contribution in [0.3, 0.4) is 0 Å². The highest BCUT2D eigenvalue weighted by Gasteiger charge is 2.15. The first-order valence-corrected chi connectivity index (χ1v) is 5.77. The fraction of sp³-hybridized carbons (Fsp3) is 0.308. The van der Waals surface area contributed by atoms with Crippen molar-refractivity contribution in [1.29, 1.82) is 0 Å². The summed E-state index contributed by atoms with van der Waals surface area (Å²) in [5.41, 5.74) is 5.17. The SMILES string of the molecule is COCOc1ccc2cc(N)c(=O)oc2c1OCOC. The maximum absolute atomic E-state index is 11.5. The van der Waals surface area contributed by atoms with Crippen LogP contribution in [0.1, 0.15) is 0 Å². The Bertz CT molecular complexity index is 651. The van der Waals surface area contributed by atoms with Crippen LogP contribution < -0.4 is 20.8 Å². The van der Waals surface area contributed by atoms with Gasteiger partial charge in [0.15, 0.2) is 24.9 Å². The second-order valence-corrected chi connectivity index (χ2v) is 3.90. The fourth-order valence-corrected chi connectivity index (χ4v) is 1.65. The lowest BCUT2D eigenvalue weighted by Gasteiger charge is -2.13. The van der Waals surface area contributed by atoms with Gasteiger partial charge >= 0.3 is 5.63 Å².